The van der Waals surface area contributed by atoms with Crippen LogP contribution in [-0.4, -0.2) is 62.2 Å². The van der Waals surface area contributed by atoms with Crippen molar-refractivity contribution in [1.29, 1.82) is 0 Å². The molecule has 0 atom stereocenters. The molecule has 0 bridgehead atoms. The monoisotopic (exact) mass is 363 g/mol. The quantitative estimate of drug-likeness (QED) is 0.774. The number of hydrogen-bond acceptors (Lipinski definition) is 3. The summed E-state index contributed by atoms with van der Waals surface area (Å²) >= 11 is 0. The first-order valence-corrected chi connectivity index (χ1v) is 10.7. The molecule has 2 aliphatic rings. The fourth-order valence-corrected chi connectivity index (χ4v) is 4.51. The molecule has 0 saturated carbocycles. The van der Waals surface area contributed by atoms with E-state index < -0.39 is 0 Å². The number of benzene rings is 2. The molecule has 2 fully saturated rings. The van der Waals surface area contributed by atoms with Crippen LogP contribution in [0.5, 0.6) is 0 Å². The molecular formula is C24H33N3. The van der Waals surface area contributed by atoms with Crippen molar-refractivity contribution in [1.82, 2.24) is 9.80 Å². The zero-order valence-electron chi connectivity index (χ0n) is 16.5. The molecular weight excluding hydrogens is 330 g/mol. The number of likely N-dealkylation sites (tertiary alicyclic amines) is 1. The molecule has 3 nitrogen and oxygen atoms in total. The Morgan fingerprint density at radius 1 is 0.630 bits per heavy atom. The van der Waals surface area contributed by atoms with Crippen LogP contribution in [0, 0.1) is 5.92 Å². The van der Waals surface area contributed by atoms with Gasteiger partial charge in [0.2, 0.25) is 0 Å². The number of rotatable bonds is 6. The Kier molecular flexibility index (Phi) is 6.44. The van der Waals surface area contributed by atoms with E-state index in [1.807, 2.05) is 0 Å². The highest BCUT2D eigenvalue weighted by molar-refractivity contribution is 5.46. The average molecular weight is 364 g/mol. The minimum Gasteiger partial charge on any atom is -0.369 e. The van der Waals surface area contributed by atoms with Crippen LogP contribution in [0.1, 0.15) is 18.4 Å². The first-order chi connectivity index (χ1) is 13.4. The van der Waals surface area contributed by atoms with Crippen molar-refractivity contribution in [3.05, 3.63) is 66.2 Å². The zero-order chi connectivity index (χ0) is 18.3. The maximum atomic E-state index is 2.69. The maximum Gasteiger partial charge on any atom is 0.0367 e. The van der Waals surface area contributed by atoms with Gasteiger partial charge >= 0.3 is 0 Å². The second-order valence-electron chi connectivity index (χ2n) is 8.14. The number of nitrogens with zero attached hydrogens (tertiary/aromatic N) is 3. The molecule has 2 aromatic rings. The minimum atomic E-state index is 0.873. The van der Waals surface area contributed by atoms with E-state index in [0.717, 1.165) is 19.0 Å². The summed E-state index contributed by atoms with van der Waals surface area (Å²) in [5.41, 5.74) is 2.88. The lowest BCUT2D eigenvalue weighted by molar-refractivity contribution is 0.152. The largest absolute Gasteiger partial charge is 0.369 e. The fourth-order valence-electron chi connectivity index (χ4n) is 4.51. The number of piperidine rings is 1. The van der Waals surface area contributed by atoms with Crippen molar-refractivity contribution in [2.45, 2.75) is 19.3 Å². The van der Waals surface area contributed by atoms with Crippen molar-refractivity contribution in [2.24, 2.45) is 5.92 Å². The lowest BCUT2D eigenvalue weighted by atomic mass is 9.90. The predicted molar refractivity (Wildman–Crippen MR) is 114 cm³/mol. The Morgan fingerprint density at radius 3 is 1.81 bits per heavy atom. The summed E-state index contributed by atoms with van der Waals surface area (Å²) in [7, 11) is 0. The van der Waals surface area contributed by atoms with Crippen LogP contribution in [0.4, 0.5) is 5.69 Å². The number of para-hydroxylation sites is 1. The van der Waals surface area contributed by atoms with Crippen LogP contribution in [0.25, 0.3) is 0 Å². The topological polar surface area (TPSA) is 9.72 Å². The summed E-state index contributed by atoms with van der Waals surface area (Å²) in [5.74, 6) is 0.873. The normalized spacial score (nSPS) is 20.1. The van der Waals surface area contributed by atoms with Crippen LogP contribution in [0.3, 0.4) is 0 Å². The van der Waals surface area contributed by atoms with Crippen molar-refractivity contribution in [2.75, 3.05) is 57.3 Å². The zero-order valence-corrected chi connectivity index (χ0v) is 16.5. The van der Waals surface area contributed by atoms with Crippen LogP contribution >= 0.6 is 0 Å². The van der Waals surface area contributed by atoms with Crippen molar-refractivity contribution in [3.63, 3.8) is 0 Å². The highest BCUT2D eigenvalue weighted by Gasteiger charge is 2.21. The first kappa shape index (κ1) is 18.5. The molecule has 2 heterocycles. The summed E-state index contributed by atoms with van der Waals surface area (Å²) < 4.78 is 0. The van der Waals surface area contributed by atoms with Gasteiger partial charge in [-0.1, -0.05) is 48.5 Å². The molecule has 0 unspecified atom stereocenters. The van der Waals surface area contributed by atoms with E-state index in [0.29, 0.717) is 0 Å². The van der Waals surface area contributed by atoms with E-state index in [4.69, 9.17) is 0 Å². The number of piperazine rings is 1. The summed E-state index contributed by atoms with van der Waals surface area (Å²) in [4.78, 5) is 7.85. The van der Waals surface area contributed by atoms with E-state index >= 15 is 0 Å². The Labute approximate surface area is 164 Å². The predicted octanol–water partition coefficient (Wildman–Crippen LogP) is 3.76. The molecule has 3 heteroatoms. The summed E-state index contributed by atoms with van der Waals surface area (Å²) in [5, 5.41) is 0. The van der Waals surface area contributed by atoms with Crippen molar-refractivity contribution < 1.29 is 0 Å². The van der Waals surface area contributed by atoms with Crippen LogP contribution in [0.15, 0.2) is 60.7 Å². The van der Waals surface area contributed by atoms with Crippen LogP contribution < -0.4 is 4.90 Å². The van der Waals surface area contributed by atoms with Gasteiger partial charge in [-0.15, -0.1) is 0 Å². The molecule has 2 aliphatic heterocycles. The molecule has 2 aromatic carbocycles. The second kappa shape index (κ2) is 9.38. The highest BCUT2D eigenvalue weighted by atomic mass is 15.3. The van der Waals surface area contributed by atoms with Gasteiger partial charge in [0.05, 0.1) is 0 Å². The van der Waals surface area contributed by atoms with Gasteiger partial charge < -0.3 is 9.80 Å². The fraction of sp³-hybridized carbons (Fsp3) is 0.500. The molecule has 144 valence electrons. The Morgan fingerprint density at radius 2 is 1.19 bits per heavy atom. The first-order valence-electron chi connectivity index (χ1n) is 10.7. The van der Waals surface area contributed by atoms with E-state index in [2.05, 4.69) is 75.4 Å². The highest BCUT2D eigenvalue weighted by Crippen LogP contribution is 2.22. The van der Waals surface area contributed by atoms with Crippen molar-refractivity contribution >= 4 is 5.69 Å². The summed E-state index contributed by atoms with van der Waals surface area (Å²) in [6.45, 7) is 9.73. The summed E-state index contributed by atoms with van der Waals surface area (Å²) in [6, 6.07) is 21.9. The lowest BCUT2D eigenvalue weighted by Crippen LogP contribution is -2.49. The van der Waals surface area contributed by atoms with Gasteiger partial charge in [-0.2, -0.15) is 0 Å². The molecule has 0 amide bonds. The van der Waals surface area contributed by atoms with Gasteiger partial charge in [0.1, 0.15) is 0 Å². The number of anilines is 1. The standard InChI is InChI=1S/C24H33N3/c1-3-7-22(8-4-1)21-23-11-13-25(14-12-23)15-16-26-17-19-27(20-18-26)24-9-5-2-6-10-24/h1-10,23H,11-21H2. The smallest absolute Gasteiger partial charge is 0.0367 e. The van der Waals surface area contributed by atoms with Gasteiger partial charge in [0.15, 0.2) is 0 Å². The molecule has 0 aliphatic carbocycles. The third-order valence-electron chi connectivity index (χ3n) is 6.30. The van der Waals surface area contributed by atoms with E-state index in [1.54, 1.807) is 0 Å². The van der Waals surface area contributed by atoms with Gasteiger partial charge in [-0.25, -0.2) is 0 Å². The molecule has 0 radical (unpaired) electrons. The second-order valence-corrected chi connectivity index (χ2v) is 8.14. The van der Waals surface area contributed by atoms with Gasteiger partial charge in [-0.3, -0.25) is 4.90 Å². The van der Waals surface area contributed by atoms with Crippen LogP contribution in [-0.2, 0) is 6.42 Å². The molecule has 0 spiro atoms. The molecule has 4 rings (SSSR count). The molecule has 0 aromatic heterocycles. The van der Waals surface area contributed by atoms with Gasteiger partial charge in [-0.05, 0) is 56.0 Å². The number of hydrogen-bond donors (Lipinski definition) is 0. The van der Waals surface area contributed by atoms with E-state index in [-0.39, 0.29) is 0 Å². The Bertz CT molecular complexity index is 657. The van der Waals surface area contributed by atoms with E-state index in [9.17, 15) is 0 Å². The van der Waals surface area contributed by atoms with E-state index in [1.165, 1.54) is 69.8 Å². The SMILES string of the molecule is c1ccc(CC2CCN(CCN3CCN(c4ccccc4)CC3)CC2)cc1. The summed E-state index contributed by atoms with van der Waals surface area (Å²) in [6.07, 6.45) is 3.98. The lowest BCUT2D eigenvalue weighted by Gasteiger charge is -2.38. The molecule has 2 saturated heterocycles. The maximum absolute atomic E-state index is 2.69. The Balaban J connectivity index is 1.14. The third-order valence-corrected chi connectivity index (χ3v) is 6.30. The minimum absolute atomic E-state index is 0.873. The van der Waals surface area contributed by atoms with Crippen LogP contribution in [0.2, 0.25) is 0 Å². The molecule has 0 N–H and O–H groups in total. The van der Waals surface area contributed by atoms with Gasteiger partial charge in [0, 0.05) is 45.0 Å². The average Bonchev–Trinajstić information content (AvgIpc) is 2.75. The van der Waals surface area contributed by atoms with Crippen molar-refractivity contribution in [3.8, 4) is 0 Å². The third kappa shape index (κ3) is 5.33. The Hall–Kier alpha value is -1.84. The molecule has 27 heavy (non-hydrogen) atoms. The van der Waals surface area contributed by atoms with Gasteiger partial charge in [0.25, 0.3) is 0 Å².